The Morgan fingerprint density at radius 3 is 2.92 bits per heavy atom. The lowest BCUT2D eigenvalue weighted by Crippen LogP contribution is -2.41. The maximum atomic E-state index is 5.69. The van der Waals surface area contributed by atoms with Crippen molar-refractivity contribution < 1.29 is 0 Å². The number of likely N-dealkylation sites (tertiary alicyclic amines) is 1. The summed E-state index contributed by atoms with van der Waals surface area (Å²) in [7, 11) is 2.17. The molecular weight excluding hydrogens is 164 g/mol. The minimum Gasteiger partial charge on any atom is -0.329 e. The summed E-state index contributed by atoms with van der Waals surface area (Å²) in [5.74, 6) is 0.801. The summed E-state index contributed by atoms with van der Waals surface area (Å²) in [4.78, 5) is 2.37. The summed E-state index contributed by atoms with van der Waals surface area (Å²) in [6.07, 6.45) is 1.31. The van der Waals surface area contributed by atoms with Crippen molar-refractivity contribution in [3.05, 3.63) is 0 Å². The third kappa shape index (κ3) is 4.04. The summed E-state index contributed by atoms with van der Waals surface area (Å²) in [6, 6.07) is 0.110. The van der Waals surface area contributed by atoms with E-state index in [9.17, 15) is 0 Å². The number of nitrogens with one attached hydrogen (secondary N) is 1. The van der Waals surface area contributed by atoms with Crippen molar-refractivity contribution in [1.82, 2.24) is 10.2 Å². The predicted molar refractivity (Wildman–Crippen MR) is 55.5 cm³/mol. The van der Waals surface area contributed by atoms with Gasteiger partial charge in [0, 0.05) is 25.7 Å². The highest BCUT2D eigenvalue weighted by molar-refractivity contribution is 4.75. The lowest BCUT2D eigenvalue weighted by Gasteiger charge is -2.14. The van der Waals surface area contributed by atoms with Crippen molar-refractivity contribution >= 4 is 0 Å². The summed E-state index contributed by atoms with van der Waals surface area (Å²) in [5, 5.41) is 3.37. The van der Waals surface area contributed by atoms with Gasteiger partial charge in [0.25, 0.3) is 0 Å². The average molecular weight is 186 g/mol. The third-order valence-corrected chi connectivity index (χ3v) is 2.63. The summed E-state index contributed by atoms with van der Waals surface area (Å²) in [5.41, 5.74) is 11.1. The molecule has 0 bridgehead atoms. The van der Waals surface area contributed by atoms with Gasteiger partial charge in [-0.05, 0) is 32.5 Å². The van der Waals surface area contributed by atoms with E-state index in [1.165, 1.54) is 19.5 Å². The second-order valence-corrected chi connectivity index (χ2v) is 4.07. The van der Waals surface area contributed by atoms with Crippen LogP contribution in [0.2, 0.25) is 0 Å². The number of nitrogens with zero attached hydrogens (tertiary/aromatic N) is 1. The Labute approximate surface area is 80.6 Å². The van der Waals surface area contributed by atoms with Gasteiger partial charge in [-0.15, -0.1) is 0 Å². The van der Waals surface area contributed by atoms with Crippen molar-refractivity contribution in [3.8, 4) is 0 Å². The van der Waals surface area contributed by atoms with Crippen LogP contribution in [0.5, 0.6) is 0 Å². The quantitative estimate of drug-likeness (QED) is 0.505. The van der Waals surface area contributed by atoms with Gasteiger partial charge in [0.15, 0.2) is 0 Å². The van der Waals surface area contributed by atoms with Gasteiger partial charge < -0.3 is 21.7 Å². The molecule has 1 aliphatic heterocycles. The molecular formula is C9H22N4. The Balaban J connectivity index is 2.00. The molecule has 78 valence electrons. The number of rotatable bonds is 5. The van der Waals surface area contributed by atoms with Gasteiger partial charge in [0.2, 0.25) is 0 Å². The van der Waals surface area contributed by atoms with E-state index in [4.69, 9.17) is 11.5 Å². The fourth-order valence-electron chi connectivity index (χ4n) is 1.75. The van der Waals surface area contributed by atoms with Crippen LogP contribution in [0.3, 0.4) is 0 Å². The van der Waals surface area contributed by atoms with Gasteiger partial charge in [-0.3, -0.25) is 0 Å². The van der Waals surface area contributed by atoms with E-state index >= 15 is 0 Å². The first-order chi connectivity index (χ1) is 6.22. The Hall–Kier alpha value is -0.160. The molecule has 13 heavy (non-hydrogen) atoms. The van der Waals surface area contributed by atoms with E-state index in [1.54, 1.807) is 0 Å². The smallest absolute Gasteiger partial charge is 0.0290 e. The molecule has 4 nitrogen and oxygen atoms in total. The van der Waals surface area contributed by atoms with Gasteiger partial charge in [0.05, 0.1) is 0 Å². The second kappa shape index (κ2) is 5.54. The minimum absolute atomic E-state index is 0.110. The molecule has 0 aromatic heterocycles. The molecule has 0 aromatic rings. The molecule has 0 spiro atoms. The topological polar surface area (TPSA) is 67.3 Å². The van der Waals surface area contributed by atoms with Crippen LogP contribution >= 0.6 is 0 Å². The molecule has 1 rings (SSSR count). The number of nitrogens with two attached hydrogens (primary N) is 2. The van der Waals surface area contributed by atoms with Gasteiger partial charge in [0.1, 0.15) is 0 Å². The van der Waals surface area contributed by atoms with Crippen LogP contribution in [0.15, 0.2) is 0 Å². The van der Waals surface area contributed by atoms with E-state index in [0.717, 1.165) is 19.0 Å². The van der Waals surface area contributed by atoms with Crippen molar-refractivity contribution in [1.29, 1.82) is 0 Å². The number of hydrogen-bond acceptors (Lipinski definition) is 4. The zero-order valence-corrected chi connectivity index (χ0v) is 8.50. The minimum atomic E-state index is 0.110. The van der Waals surface area contributed by atoms with Gasteiger partial charge in [-0.2, -0.15) is 0 Å². The first-order valence-electron chi connectivity index (χ1n) is 5.07. The van der Waals surface area contributed by atoms with Crippen molar-refractivity contribution in [2.75, 3.05) is 39.8 Å². The van der Waals surface area contributed by atoms with Crippen molar-refractivity contribution in [3.63, 3.8) is 0 Å². The normalized spacial score (nSPS) is 26.5. The fraction of sp³-hybridized carbons (Fsp3) is 1.00. The van der Waals surface area contributed by atoms with Gasteiger partial charge in [-0.25, -0.2) is 0 Å². The summed E-state index contributed by atoms with van der Waals surface area (Å²) in [6.45, 7) is 4.94. The zero-order chi connectivity index (χ0) is 9.68. The summed E-state index contributed by atoms with van der Waals surface area (Å²) < 4.78 is 0. The van der Waals surface area contributed by atoms with E-state index < -0.39 is 0 Å². The van der Waals surface area contributed by atoms with Crippen LogP contribution in [0, 0.1) is 5.92 Å². The maximum Gasteiger partial charge on any atom is 0.0290 e. The molecule has 0 aromatic carbocycles. The Kier molecular flexibility index (Phi) is 4.66. The maximum absolute atomic E-state index is 5.69. The third-order valence-electron chi connectivity index (χ3n) is 2.63. The SMILES string of the molecule is CN1CCC(CNCC(N)CN)C1. The zero-order valence-electron chi connectivity index (χ0n) is 8.50. The molecule has 0 aliphatic carbocycles. The molecule has 0 radical (unpaired) electrons. The standard InChI is InChI=1S/C9H22N4/c1-13-3-2-8(7-13)5-12-6-9(11)4-10/h8-9,12H,2-7,10-11H2,1H3. The van der Waals surface area contributed by atoms with Crippen LogP contribution in [0.4, 0.5) is 0 Å². The lowest BCUT2D eigenvalue weighted by atomic mass is 10.1. The Bertz CT molecular complexity index is 140. The first kappa shape index (κ1) is 10.9. The van der Waals surface area contributed by atoms with E-state index in [1.807, 2.05) is 0 Å². The van der Waals surface area contributed by atoms with Gasteiger partial charge in [-0.1, -0.05) is 0 Å². The highest BCUT2D eigenvalue weighted by Gasteiger charge is 2.18. The van der Waals surface area contributed by atoms with Crippen LogP contribution in [0.25, 0.3) is 0 Å². The van der Waals surface area contributed by atoms with E-state index in [0.29, 0.717) is 6.54 Å². The van der Waals surface area contributed by atoms with Crippen LogP contribution in [-0.4, -0.2) is 50.7 Å². The largest absolute Gasteiger partial charge is 0.329 e. The van der Waals surface area contributed by atoms with Crippen LogP contribution in [-0.2, 0) is 0 Å². The van der Waals surface area contributed by atoms with E-state index in [-0.39, 0.29) is 6.04 Å². The second-order valence-electron chi connectivity index (χ2n) is 4.07. The Morgan fingerprint density at radius 2 is 2.38 bits per heavy atom. The van der Waals surface area contributed by atoms with Gasteiger partial charge >= 0.3 is 0 Å². The Morgan fingerprint density at radius 1 is 1.62 bits per heavy atom. The first-order valence-corrected chi connectivity index (χ1v) is 5.07. The van der Waals surface area contributed by atoms with Crippen LogP contribution < -0.4 is 16.8 Å². The average Bonchev–Trinajstić information content (AvgIpc) is 2.51. The molecule has 1 aliphatic rings. The molecule has 1 heterocycles. The molecule has 2 atom stereocenters. The van der Waals surface area contributed by atoms with Crippen LogP contribution in [0.1, 0.15) is 6.42 Å². The van der Waals surface area contributed by atoms with Crippen molar-refractivity contribution in [2.45, 2.75) is 12.5 Å². The lowest BCUT2D eigenvalue weighted by molar-refractivity contribution is 0.386. The fourth-order valence-corrected chi connectivity index (χ4v) is 1.75. The van der Waals surface area contributed by atoms with E-state index in [2.05, 4.69) is 17.3 Å². The number of hydrogen-bond donors (Lipinski definition) is 3. The molecule has 5 N–H and O–H groups in total. The molecule has 0 amide bonds. The molecule has 1 fully saturated rings. The highest BCUT2D eigenvalue weighted by Crippen LogP contribution is 2.12. The molecule has 2 unspecified atom stereocenters. The molecule has 1 saturated heterocycles. The molecule has 0 saturated carbocycles. The predicted octanol–water partition coefficient (Wildman–Crippen LogP) is -1.19. The highest BCUT2D eigenvalue weighted by atomic mass is 15.1. The molecule has 4 heteroatoms. The monoisotopic (exact) mass is 186 g/mol. The summed E-state index contributed by atoms with van der Waals surface area (Å²) >= 11 is 0. The van der Waals surface area contributed by atoms with Crippen molar-refractivity contribution in [2.24, 2.45) is 17.4 Å².